The third kappa shape index (κ3) is 3.20. The fourth-order valence-corrected chi connectivity index (χ4v) is 2.39. The Labute approximate surface area is 102 Å². The Morgan fingerprint density at radius 1 is 1.35 bits per heavy atom. The van der Waals surface area contributed by atoms with Crippen molar-refractivity contribution in [3.8, 4) is 0 Å². The molecule has 1 saturated carbocycles. The number of carbonyl (C=O) groups excluding carboxylic acids is 1. The van der Waals surface area contributed by atoms with Crippen LogP contribution in [0.3, 0.4) is 0 Å². The fourth-order valence-electron chi connectivity index (χ4n) is 2.39. The van der Waals surface area contributed by atoms with Crippen molar-refractivity contribution < 1.29 is 14.3 Å². The average Bonchev–Trinajstić information content (AvgIpc) is 2.79. The van der Waals surface area contributed by atoms with E-state index < -0.39 is 0 Å². The molecule has 5 nitrogen and oxygen atoms in total. The van der Waals surface area contributed by atoms with Gasteiger partial charge in [-0.3, -0.25) is 0 Å². The second-order valence-electron chi connectivity index (χ2n) is 4.52. The molecule has 0 aromatic carbocycles. The van der Waals surface area contributed by atoms with Crippen LogP contribution in [0.15, 0.2) is 12.7 Å². The van der Waals surface area contributed by atoms with Crippen LogP contribution in [0.4, 0.5) is 4.79 Å². The van der Waals surface area contributed by atoms with Gasteiger partial charge in [0.2, 0.25) is 0 Å². The lowest BCUT2D eigenvalue weighted by Gasteiger charge is -2.35. The molecule has 0 atom stereocenters. The van der Waals surface area contributed by atoms with Crippen molar-refractivity contribution >= 4 is 6.03 Å². The number of nitrogens with one attached hydrogen (secondary N) is 2. The molecule has 0 aromatic rings. The molecule has 2 amide bonds. The van der Waals surface area contributed by atoms with E-state index in [1.165, 1.54) is 0 Å². The highest BCUT2D eigenvalue weighted by atomic mass is 16.7. The molecule has 2 aliphatic rings. The molecule has 5 heteroatoms. The molecule has 17 heavy (non-hydrogen) atoms. The van der Waals surface area contributed by atoms with Crippen LogP contribution >= 0.6 is 0 Å². The minimum absolute atomic E-state index is 0.126. The number of ether oxygens (including phenoxy) is 2. The van der Waals surface area contributed by atoms with Gasteiger partial charge in [-0.25, -0.2) is 4.79 Å². The molecular weight excluding hydrogens is 220 g/mol. The first-order valence-electron chi connectivity index (χ1n) is 6.17. The summed E-state index contributed by atoms with van der Waals surface area (Å²) < 4.78 is 11.3. The smallest absolute Gasteiger partial charge is 0.315 e. The number of urea groups is 1. The third-order valence-corrected chi connectivity index (χ3v) is 3.30. The zero-order valence-corrected chi connectivity index (χ0v) is 10.0. The molecule has 2 fully saturated rings. The summed E-state index contributed by atoms with van der Waals surface area (Å²) in [6.07, 6.45) is 5.19. The maximum Gasteiger partial charge on any atom is 0.315 e. The lowest BCUT2D eigenvalue weighted by Crippen LogP contribution is -2.47. The standard InChI is InChI=1S/C12H20N2O3/c1-2-7-13-11(15)14-10-3-5-12(6-4-10)16-8-9-17-12/h2,10H,1,3-9H2,(H2,13,14,15). The molecule has 0 bridgehead atoms. The van der Waals surface area contributed by atoms with Gasteiger partial charge in [0.15, 0.2) is 5.79 Å². The average molecular weight is 240 g/mol. The van der Waals surface area contributed by atoms with Gasteiger partial charge in [-0.15, -0.1) is 6.58 Å². The number of rotatable bonds is 3. The summed E-state index contributed by atoms with van der Waals surface area (Å²) in [6.45, 7) is 5.43. The van der Waals surface area contributed by atoms with E-state index in [1.807, 2.05) is 0 Å². The molecule has 0 radical (unpaired) electrons. The first-order chi connectivity index (χ1) is 8.24. The van der Waals surface area contributed by atoms with Crippen molar-refractivity contribution in [2.75, 3.05) is 19.8 Å². The quantitative estimate of drug-likeness (QED) is 0.728. The summed E-state index contributed by atoms with van der Waals surface area (Å²) in [5.41, 5.74) is 0. The highest BCUT2D eigenvalue weighted by Gasteiger charge is 2.40. The van der Waals surface area contributed by atoms with Crippen LogP contribution in [0.1, 0.15) is 25.7 Å². The van der Waals surface area contributed by atoms with Crippen LogP contribution in [0.2, 0.25) is 0 Å². The van der Waals surface area contributed by atoms with Crippen molar-refractivity contribution in [1.29, 1.82) is 0 Å². The summed E-state index contributed by atoms with van der Waals surface area (Å²) in [5.74, 6) is -0.351. The van der Waals surface area contributed by atoms with Crippen molar-refractivity contribution in [3.63, 3.8) is 0 Å². The second-order valence-corrected chi connectivity index (χ2v) is 4.52. The lowest BCUT2D eigenvalue weighted by molar-refractivity contribution is -0.179. The van der Waals surface area contributed by atoms with Crippen molar-refractivity contribution in [1.82, 2.24) is 10.6 Å². The molecule has 0 unspecified atom stereocenters. The molecule has 0 aromatic heterocycles. The number of hydrogen-bond acceptors (Lipinski definition) is 3. The summed E-state index contributed by atoms with van der Waals surface area (Å²) in [4.78, 5) is 11.5. The summed E-state index contributed by atoms with van der Waals surface area (Å²) >= 11 is 0. The van der Waals surface area contributed by atoms with E-state index in [9.17, 15) is 4.79 Å². The Bertz CT molecular complexity index is 277. The zero-order chi connectivity index (χ0) is 12.1. The Morgan fingerprint density at radius 2 is 2.00 bits per heavy atom. The van der Waals surface area contributed by atoms with E-state index in [0.29, 0.717) is 19.8 Å². The largest absolute Gasteiger partial charge is 0.348 e. The highest BCUT2D eigenvalue weighted by Crippen LogP contribution is 2.35. The van der Waals surface area contributed by atoms with E-state index in [-0.39, 0.29) is 17.9 Å². The van der Waals surface area contributed by atoms with E-state index in [1.54, 1.807) is 6.08 Å². The van der Waals surface area contributed by atoms with E-state index in [0.717, 1.165) is 25.7 Å². The minimum Gasteiger partial charge on any atom is -0.348 e. The monoisotopic (exact) mass is 240 g/mol. The SMILES string of the molecule is C=CCNC(=O)NC1CCC2(CC1)OCCO2. The highest BCUT2D eigenvalue weighted by molar-refractivity contribution is 5.74. The lowest BCUT2D eigenvalue weighted by atomic mass is 9.90. The Kier molecular flexibility index (Phi) is 4.02. The van der Waals surface area contributed by atoms with Crippen LogP contribution in [0, 0.1) is 0 Å². The van der Waals surface area contributed by atoms with Gasteiger partial charge in [-0.05, 0) is 12.8 Å². The van der Waals surface area contributed by atoms with Gasteiger partial charge in [0.05, 0.1) is 13.2 Å². The van der Waals surface area contributed by atoms with Gasteiger partial charge in [0.25, 0.3) is 0 Å². The van der Waals surface area contributed by atoms with Crippen LogP contribution in [0.5, 0.6) is 0 Å². The Balaban J connectivity index is 1.71. The molecule has 2 rings (SSSR count). The van der Waals surface area contributed by atoms with Gasteiger partial charge >= 0.3 is 6.03 Å². The molecule has 1 spiro atoms. The summed E-state index contributed by atoms with van der Waals surface area (Å²) in [5, 5.41) is 5.66. The van der Waals surface area contributed by atoms with E-state index >= 15 is 0 Å². The molecule has 1 aliphatic heterocycles. The normalized spacial score (nSPS) is 23.5. The van der Waals surface area contributed by atoms with E-state index in [2.05, 4.69) is 17.2 Å². The predicted molar refractivity (Wildman–Crippen MR) is 63.6 cm³/mol. The second kappa shape index (κ2) is 5.51. The third-order valence-electron chi connectivity index (χ3n) is 3.30. The van der Waals surface area contributed by atoms with E-state index in [4.69, 9.17) is 9.47 Å². The molecule has 1 saturated heterocycles. The van der Waals surface area contributed by atoms with Crippen LogP contribution in [-0.2, 0) is 9.47 Å². The number of amides is 2. The minimum atomic E-state index is -0.351. The molecule has 96 valence electrons. The van der Waals surface area contributed by atoms with Gasteiger partial charge in [-0.1, -0.05) is 6.08 Å². The van der Waals surface area contributed by atoms with Gasteiger partial charge in [0, 0.05) is 25.4 Å². The summed E-state index contributed by atoms with van der Waals surface area (Å²) in [7, 11) is 0. The van der Waals surface area contributed by atoms with Gasteiger partial charge < -0.3 is 20.1 Å². The fraction of sp³-hybridized carbons (Fsp3) is 0.750. The van der Waals surface area contributed by atoms with Crippen molar-refractivity contribution in [2.45, 2.75) is 37.5 Å². The first-order valence-corrected chi connectivity index (χ1v) is 6.17. The molecule has 2 N–H and O–H groups in total. The topological polar surface area (TPSA) is 59.6 Å². The molecule has 1 heterocycles. The van der Waals surface area contributed by atoms with Crippen LogP contribution < -0.4 is 10.6 Å². The Hall–Kier alpha value is -1.07. The van der Waals surface area contributed by atoms with Crippen LogP contribution in [-0.4, -0.2) is 37.6 Å². The van der Waals surface area contributed by atoms with Crippen molar-refractivity contribution in [2.24, 2.45) is 0 Å². The maximum absolute atomic E-state index is 11.5. The maximum atomic E-state index is 11.5. The van der Waals surface area contributed by atoms with Gasteiger partial charge in [0.1, 0.15) is 0 Å². The summed E-state index contributed by atoms with van der Waals surface area (Å²) in [6, 6.07) is 0.0948. The van der Waals surface area contributed by atoms with Crippen LogP contribution in [0.25, 0.3) is 0 Å². The molecule has 1 aliphatic carbocycles. The first kappa shape index (κ1) is 12.4. The van der Waals surface area contributed by atoms with Gasteiger partial charge in [-0.2, -0.15) is 0 Å². The zero-order valence-electron chi connectivity index (χ0n) is 10.0. The Morgan fingerprint density at radius 3 is 2.59 bits per heavy atom. The molecular formula is C12H20N2O3. The predicted octanol–water partition coefficient (Wildman–Crippen LogP) is 1.16. The van der Waals surface area contributed by atoms with Crippen molar-refractivity contribution in [3.05, 3.63) is 12.7 Å². The number of hydrogen-bond donors (Lipinski definition) is 2. The number of carbonyl (C=O) groups is 1.